The molecule has 0 aliphatic heterocycles. The molecule has 148 valence electrons. The molecular weight excluding hydrogens is 351 g/mol. The normalized spacial score (nSPS) is 11.2. The molecule has 8 heteroatoms. The van der Waals surface area contributed by atoms with Gasteiger partial charge in [0.05, 0.1) is 26.2 Å². The van der Waals surface area contributed by atoms with E-state index in [9.17, 15) is 18.0 Å². The van der Waals surface area contributed by atoms with E-state index in [1.54, 1.807) is 27.7 Å². The SMILES string of the molecule is CCOc1cc(C(=O)N(CC)CCC(F)(F)F)cc(OCC)c1OCC. The minimum absolute atomic E-state index is 0.163. The molecule has 26 heavy (non-hydrogen) atoms. The van der Waals surface area contributed by atoms with Crippen LogP contribution in [0.2, 0.25) is 0 Å². The number of halogens is 3. The van der Waals surface area contributed by atoms with E-state index in [-0.39, 0.29) is 12.1 Å². The fourth-order valence-electron chi connectivity index (χ4n) is 2.36. The van der Waals surface area contributed by atoms with Crippen LogP contribution in [0.25, 0.3) is 0 Å². The van der Waals surface area contributed by atoms with Crippen molar-refractivity contribution in [2.45, 2.75) is 40.3 Å². The number of nitrogens with zero attached hydrogens (tertiary/aromatic N) is 1. The number of carbonyl (C=O) groups excluding carboxylic acids is 1. The van der Waals surface area contributed by atoms with E-state index in [4.69, 9.17) is 14.2 Å². The highest BCUT2D eigenvalue weighted by molar-refractivity contribution is 5.95. The molecule has 0 bridgehead atoms. The number of rotatable bonds is 10. The molecule has 1 amide bonds. The number of alkyl halides is 3. The maximum atomic E-state index is 12.7. The first-order valence-corrected chi connectivity index (χ1v) is 8.69. The summed E-state index contributed by atoms with van der Waals surface area (Å²) < 4.78 is 54.1. The van der Waals surface area contributed by atoms with E-state index < -0.39 is 25.0 Å². The third-order valence-corrected chi connectivity index (χ3v) is 3.49. The second kappa shape index (κ2) is 10.1. The summed E-state index contributed by atoms with van der Waals surface area (Å²) in [6.45, 7) is 7.83. The maximum Gasteiger partial charge on any atom is 0.390 e. The van der Waals surface area contributed by atoms with E-state index in [2.05, 4.69) is 0 Å². The van der Waals surface area contributed by atoms with Crippen LogP contribution in [0.4, 0.5) is 13.2 Å². The average molecular weight is 377 g/mol. The molecule has 1 aromatic rings. The van der Waals surface area contributed by atoms with Crippen molar-refractivity contribution in [2.24, 2.45) is 0 Å². The van der Waals surface area contributed by atoms with E-state index in [1.807, 2.05) is 0 Å². The molecule has 0 heterocycles. The molecule has 0 atom stereocenters. The fraction of sp³-hybridized carbons (Fsp3) is 0.611. The van der Waals surface area contributed by atoms with Crippen LogP contribution in [-0.2, 0) is 0 Å². The highest BCUT2D eigenvalue weighted by Gasteiger charge is 2.29. The molecule has 1 aromatic carbocycles. The molecule has 0 unspecified atom stereocenters. The smallest absolute Gasteiger partial charge is 0.390 e. The van der Waals surface area contributed by atoms with E-state index in [0.29, 0.717) is 37.1 Å². The van der Waals surface area contributed by atoms with Crippen LogP contribution in [0, 0.1) is 0 Å². The minimum Gasteiger partial charge on any atom is -0.490 e. The van der Waals surface area contributed by atoms with Gasteiger partial charge in [-0.1, -0.05) is 0 Å². The summed E-state index contributed by atoms with van der Waals surface area (Å²) >= 11 is 0. The van der Waals surface area contributed by atoms with Crippen LogP contribution in [0.1, 0.15) is 44.5 Å². The van der Waals surface area contributed by atoms with Crippen LogP contribution in [0.5, 0.6) is 17.2 Å². The predicted molar refractivity (Wildman–Crippen MR) is 92.2 cm³/mol. The zero-order valence-corrected chi connectivity index (χ0v) is 15.6. The fourth-order valence-corrected chi connectivity index (χ4v) is 2.36. The maximum absolute atomic E-state index is 12.7. The second-order valence-corrected chi connectivity index (χ2v) is 5.35. The van der Waals surface area contributed by atoms with Crippen molar-refractivity contribution in [3.8, 4) is 17.2 Å². The van der Waals surface area contributed by atoms with Gasteiger partial charge in [0.25, 0.3) is 5.91 Å². The van der Waals surface area contributed by atoms with Gasteiger partial charge < -0.3 is 19.1 Å². The largest absolute Gasteiger partial charge is 0.490 e. The van der Waals surface area contributed by atoms with Crippen molar-refractivity contribution in [1.29, 1.82) is 0 Å². The van der Waals surface area contributed by atoms with Gasteiger partial charge in [-0.2, -0.15) is 13.2 Å². The van der Waals surface area contributed by atoms with Crippen molar-refractivity contribution in [3.05, 3.63) is 17.7 Å². The van der Waals surface area contributed by atoms with Crippen LogP contribution in [-0.4, -0.2) is 49.9 Å². The molecule has 0 saturated heterocycles. The van der Waals surface area contributed by atoms with Gasteiger partial charge in [-0.25, -0.2) is 0 Å². The van der Waals surface area contributed by atoms with E-state index >= 15 is 0 Å². The third kappa shape index (κ3) is 6.31. The lowest BCUT2D eigenvalue weighted by Crippen LogP contribution is -2.34. The number of hydrogen-bond donors (Lipinski definition) is 0. The summed E-state index contributed by atoms with van der Waals surface area (Å²) in [6.07, 6.45) is -5.38. The summed E-state index contributed by atoms with van der Waals surface area (Å²) in [5, 5.41) is 0. The van der Waals surface area contributed by atoms with Crippen LogP contribution in [0.3, 0.4) is 0 Å². The number of benzene rings is 1. The predicted octanol–water partition coefficient (Wildman–Crippen LogP) is 4.30. The minimum atomic E-state index is -4.32. The molecule has 5 nitrogen and oxygen atoms in total. The average Bonchev–Trinajstić information content (AvgIpc) is 2.57. The van der Waals surface area contributed by atoms with Crippen molar-refractivity contribution in [2.75, 3.05) is 32.9 Å². The number of hydrogen-bond acceptors (Lipinski definition) is 4. The lowest BCUT2D eigenvalue weighted by Gasteiger charge is -2.23. The van der Waals surface area contributed by atoms with Crippen LogP contribution < -0.4 is 14.2 Å². The quantitative estimate of drug-likeness (QED) is 0.610. The van der Waals surface area contributed by atoms with Gasteiger partial charge >= 0.3 is 6.18 Å². The van der Waals surface area contributed by atoms with E-state index in [1.165, 1.54) is 12.1 Å². The van der Waals surface area contributed by atoms with Crippen molar-refractivity contribution in [1.82, 2.24) is 4.90 Å². The molecule has 0 aromatic heterocycles. The highest BCUT2D eigenvalue weighted by atomic mass is 19.4. The van der Waals surface area contributed by atoms with Gasteiger partial charge in [0.15, 0.2) is 11.5 Å². The molecule has 0 N–H and O–H groups in total. The van der Waals surface area contributed by atoms with Gasteiger partial charge in [-0.3, -0.25) is 4.79 Å². The van der Waals surface area contributed by atoms with Crippen LogP contribution in [0.15, 0.2) is 12.1 Å². The highest BCUT2D eigenvalue weighted by Crippen LogP contribution is 2.39. The zero-order valence-electron chi connectivity index (χ0n) is 15.6. The Balaban J connectivity index is 3.21. The van der Waals surface area contributed by atoms with Crippen molar-refractivity contribution in [3.63, 3.8) is 0 Å². The Kier molecular flexibility index (Phi) is 8.54. The third-order valence-electron chi connectivity index (χ3n) is 3.49. The molecule has 1 rings (SSSR count). The summed E-state index contributed by atoms with van der Waals surface area (Å²) in [6, 6.07) is 2.96. The van der Waals surface area contributed by atoms with E-state index in [0.717, 1.165) is 4.90 Å². The molecular formula is C18H26F3NO4. The first kappa shape index (κ1) is 21.9. The topological polar surface area (TPSA) is 48.0 Å². The molecule has 0 spiro atoms. The van der Waals surface area contributed by atoms with Gasteiger partial charge in [-0.05, 0) is 39.8 Å². The van der Waals surface area contributed by atoms with Crippen molar-refractivity contribution < 1.29 is 32.2 Å². The number of ether oxygens (including phenoxy) is 3. The van der Waals surface area contributed by atoms with Gasteiger partial charge in [0.2, 0.25) is 5.75 Å². The number of carbonyl (C=O) groups is 1. The summed E-state index contributed by atoms with van der Waals surface area (Å²) in [7, 11) is 0. The van der Waals surface area contributed by atoms with Gasteiger partial charge in [-0.15, -0.1) is 0 Å². The molecule has 0 saturated carbocycles. The Hall–Kier alpha value is -2.12. The first-order chi connectivity index (χ1) is 12.3. The van der Waals surface area contributed by atoms with Gasteiger partial charge in [0, 0.05) is 18.7 Å². The summed E-state index contributed by atoms with van der Waals surface area (Å²) in [5.74, 6) is 0.527. The standard InChI is InChI=1S/C18H26F3NO4/c1-5-22(10-9-18(19,20)21)17(23)13-11-14(24-6-2)16(26-8-4)15(12-13)25-7-3/h11-12H,5-10H2,1-4H3. The monoisotopic (exact) mass is 377 g/mol. The Morgan fingerprint density at radius 1 is 0.962 bits per heavy atom. The first-order valence-electron chi connectivity index (χ1n) is 8.69. The number of amides is 1. The molecule has 0 radical (unpaired) electrons. The Bertz CT molecular complexity index is 563. The lowest BCUT2D eigenvalue weighted by molar-refractivity contribution is -0.136. The molecule has 0 aliphatic rings. The Morgan fingerprint density at radius 3 is 1.85 bits per heavy atom. The summed E-state index contributed by atoms with van der Waals surface area (Å²) in [4.78, 5) is 13.8. The zero-order chi connectivity index (χ0) is 19.7. The Labute approximate surface area is 152 Å². The molecule has 0 fully saturated rings. The Morgan fingerprint density at radius 2 is 1.46 bits per heavy atom. The van der Waals surface area contributed by atoms with Crippen molar-refractivity contribution >= 4 is 5.91 Å². The lowest BCUT2D eigenvalue weighted by atomic mass is 10.1. The van der Waals surface area contributed by atoms with Crippen LogP contribution >= 0.6 is 0 Å². The second-order valence-electron chi connectivity index (χ2n) is 5.35. The summed E-state index contributed by atoms with van der Waals surface area (Å²) in [5.41, 5.74) is 0.198. The van der Waals surface area contributed by atoms with Gasteiger partial charge in [0.1, 0.15) is 0 Å². The molecule has 0 aliphatic carbocycles.